The monoisotopic (exact) mass is 361 g/mol. The van der Waals surface area contributed by atoms with E-state index in [4.69, 9.17) is 4.74 Å². The van der Waals surface area contributed by atoms with Gasteiger partial charge in [-0.3, -0.25) is 9.59 Å². The van der Waals surface area contributed by atoms with Crippen LogP contribution in [0.3, 0.4) is 0 Å². The lowest BCUT2D eigenvalue weighted by molar-refractivity contribution is -0.127. The molecule has 1 aliphatic carbocycles. The number of rotatable bonds is 3. The van der Waals surface area contributed by atoms with Gasteiger partial charge < -0.3 is 15.0 Å². The predicted octanol–water partition coefficient (Wildman–Crippen LogP) is 1.76. The topological polar surface area (TPSA) is 71.5 Å². The van der Waals surface area contributed by atoms with Gasteiger partial charge in [0.1, 0.15) is 0 Å². The summed E-state index contributed by atoms with van der Waals surface area (Å²) in [5.41, 5.74) is 0.322. The van der Waals surface area contributed by atoms with Gasteiger partial charge in [0.25, 0.3) is 5.91 Å². The molecule has 1 aromatic rings. The molecule has 1 aromatic heterocycles. The van der Waals surface area contributed by atoms with Crippen molar-refractivity contribution in [1.82, 2.24) is 15.2 Å². The van der Waals surface area contributed by atoms with Gasteiger partial charge in [-0.2, -0.15) is 4.39 Å². The van der Waals surface area contributed by atoms with Gasteiger partial charge in [0.15, 0.2) is 0 Å². The number of nitrogens with zero attached hydrogens (tertiary/aromatic N) is 2. The van der Waals surface area contributed by atoms with E-state index >= 15 is 0 Å². The molecule has 140 valence electrons. The van der Waals surface area contributed by atoms with E-state index in [-0.39, 0.29) is 29.2 Å². The smallest absolute Gasteiger partial charge is 0.254 e. The second kappa shape index (κ2) is 6.95. The van der Waals surface area contributed by atoms with Crippen molar-refractivity contribution in [2.24, 2.45) is 11.3 Å². The average molecular weight is 361 g/mol. The number of halogens is 1. The molecule has 3 heterocycles. The molecule has 1 spiro atoms. The van der Waals surface area contributed by atoms with Crippen LogP contribution in [-0.2, 0) is 9.53 Å². The molecule has 3 aliphatic rings. The van der Waals surface area contributed by atoms with E-state index in [1.54, 1.807) is 11.0 Å². The summed E-state index contributed by atoms with van der Waals surface area (Å²) < 4.78 is 18.9. The number of hydrogen-bond acceptors (Lipinski definition) is 4. The second-order valence-electron chi connectivity index (χ2n) is 7.68. The minimum absolute atomic E-state index is 0.0108. The highest BCUT2D eigenvalue weighted by Crippen LogP contribution is 2.42. The molecule has 2 amide bonds. The lowest BCUT2D eigenvalue weighted by Crippen LogP contribution is -2.58. The quantitative estimate of drug-likeness (QED) is 0.833. The van der Waals surface area contributed by atoms with Gasteiger partial charge in [-0.25, -0.2) is 4.98 Å². The number of carbonyl (C=O) groups is 2. The van der Waals surface area contributed by atoms with Gasteiger partial charge in [-0.05, 0) is 43.6 Å². The number of pyridine rings is 1. The number of likely N-dealkylation sites (tertiary alicyclic amines) is 1. The number of nitrogens with one attached hydrogen (secondary N) is 1. The van der Waals surface area contributed by atoms with E-state index in [1.807, 2.05) is 0 Å². The van der Waals surface area contributed by atoms with Crippen molar-refractivity contribution in [3.63, 3.8) is 0 Å². The Bertz CT molecular complexity index is 699. The van der Waals surface area contributed by atoms with Gasteiger partial charge in [-0.15, -0.1) is 0 Å². The molecule has 7 heteroatoms. The third-order valence-corrected chi connectivity index (χ3v) is 6.05. The minimum atomic E-state index is -0.642. The predicted molar refractivity (Wildman–Crippen MR) is 91.9 cm³/mol. The molecule has 2 saturated heterocycles. The van der Waals surface area contributed by atoms with E-state index in [2.05, 4.69) is 10.3 Å². The van der Waals surface area contributed by atoms with Gasteiger partial charge in [-0.1, -0.05) is 0 Å². The number of amides is 2. The standard InChI is InChI=1S/C19H24FN3O3/c20-16-11-14(3-7-21-16)18(25)23-8-4-19(5-9-23)6-10-26-12-15(19)22-17(24)13-1-2-13/h3,7,11,13,15H,1-2,4-6,8-10,12H2,(H,22,24). The highest BCUT2D eigenvalue weighted by atomic mass is 19.1. The van der Waals surface area contributed by atoms with Crippen LogP contribution in [0, 0.1) is 17.3 Å². The van der Waals surface area contributed by atoms with E-state index in [0.717, 1.165) is 32.1 Å². The second-order valence-corrected chi connectivity index (χ2v) is 7.68. The fraction of sp³-hybridized carbons (Fsp3) is 0.632. The molecule has 0 bridgehead atoms. The van der Waals surface area contributed by atoms with Crippen molar-refractivity contribution in [1.29, 1.82) is 0 Å². The van der Waals surface area contributed by atoms with Crippen LogP contribution in [-0.4, -0.2) is 54.0 Å². The first-order valence-electron chi connectivity index (χ1n) is 9.36. The summed E-state index contributed by atoms with van der Waals surface area (Å²) in [6.45, 7) is 2.46. The minimum Gasteiger partial charge on any atom is -0.379 e. The summed E-state index contributed by atoms with van der Waals surface area (Å²) >= 11 is 0. The fourth-order valence-electron chi connectivity index (χ4n) is 4.13. The molecule has 26 heavy (non-hydrogen) atoms. The third-order valence-electron chi connectivity index (χ3n) is 6.05. The highest BCUT2D eigenvalue weighted by molar-refractivity contribution is 5.94. The molecule has 0 radical (unpaired) electrons. The molecule has 3 fully saturated rings. The van der Waals surface area contributed by atoms with Crippen molar-refractivity contribution >= 4 is 11.8 Å². The molecule has 6 nitrogen and oxygen atoms in total. The molecule has 2 aliphatic heterocycles. The number of hydrogen-bond donors (Lipinski definition) is 1. The Morgan fingerprint density at radius 2 is 2.04 bits per heavy atom. The maximum atomic E-state index is 13.3. The van der Waals surface area contributed by atoms with Crippen LogP contribution in [0.1, 0.15) is 42.5 Å². The Kier molecular flexibility index (Phi) is 4.65. The van der Waals surface area contributed by atoms with Crippen molar-refractivity contribution in [2.75, 3.05) is 26.3 Å². The van der Waals surface area contributed by atoms with Crippen LogP contribution in [0.5, 0.6) is 0 Å². The molecular formula is C19H24FN3O3. The van der Waals surface area contributed by atoms with Gasteiger partial charge in [0, 0.05) is 43.4 Å². The summed E-state index contributed by atoms with van der Waals surface area (Å²) in [5, 5.41) is 3.20. The van der Waals surface area contributed by atoms with Crippen LogP contribution in [0.25, 0.3) is 0 Å². The van der Waals surface area contributed by atoms with Crippen molar-refractivity contribution in [3.8, 4) is 0 Å². The van der Waals surface area contributed by atoms with E-state index in [1.165, 1.54) is 12.3 Å². The summed E-state index contributed by atoms with van der Waals surface area (Å²) in [5.74, 6) is -0.480. The normalized spacial score (nSPS) is 25.1. The van der Waals surface area contributed by atoms with E-state index in [9.17, 15) is 14.0 Å². The Balaban J connectivity index is 1.41. The van der Waals surface area contributed by atoms with Gasteiger partial charge >= 0.3 is 0 Å². The molecular weight excluding hydrogens is 337 g/mol. The molecule has 1 atom stereocenters. The molecule has 1 unspecified atom stereocenters. The maximum Gasteiger partial charge on any atom is 0.254 e. The number of piperidine rings is 1. The van der Waals surface area contributed by atoms with Crippen molar-refractivity contribution in [3.05, 3.63) is 29.8 Å². The summed E-state index contributed by atoms with van der Waals surface area (Å²) in [6, 6.07) is 2.74. The van der Waals surface area contributed by atoms with Gasteiger partial charge in [0.05, 0.1) is 12.6 Å². The molecule has 4 rings (SSSR count). The van der Waals surface area contributed by atoms with Crippen LogP contribution in [0.4, 0.5) is 4.39 Å². The Labute approximate surface area is 152 Å². The number of carbonyl (C=O) groups excluding carboxylic acids is 2. The van der Waals surface area contributed by atoms with E-state index in [0.29, 0.717) is 31.9 Å². The zero-order chi connectivity index (χ0) is 18.1. The van der Waals surface area contributed by atoms with Gasteiger partial charge in [0.2, 0.25) is 11.9 Å². The first kappa shape index (κ1) is 17.4. The summed E-state index contributed by atoms with van der Waals surface area (Å²) in [4.78, 5) is 30.1. The van der Waals surface area contributed by atoms with Crippen molar-refractivity contribution in [2.45, 2.75) is 38.1 Å². The van der Waals surface area contributed by atoms with E-state index < -0.39 is 5.95 Å². The lowest BCUT2D eigenvalue weighted by atomic mass is 9.69. The Morgan fingerprint density at radius 1 is 1.27 bits per heavy atom. The lowest BCUT2D eigenvalue weighted by Gasteiger charge is -2.49. The van der Waals surface area contributed by atoms with Crippen LogP contribution >= 0.6 is 0 Å². The first-order valence-corrected chi connectivity index (χ1v) is 9.36. The number of aromatic nitrogens is 1. The maximum absolute atomic E-state index is 13.3. The molecule has 0 aromatic carbocycles. The SMILES string of the molecule is O=C(NC1COCCC12CCN(C(=O)c1ccnc(F)c1)CC2)C1CC1. The Hall–Kier alpha value is -2.02. The number of ether oxygens (including phenoxy) is 1. The zero-order valence-electron chi connectivity index (χ0n) is 14.7. The van der Waals surface area contributed by atoms with Crippen LogP contribution in [0.2, 0.25) is 0 Å². The van der Waals surface area contributed by atoms with Crippen LogP contribution in [0.15, 0.2) is 18.3 Å². The average Bonchev–Trinajstić information content (AvgIpc) is 3.49. The molecule has 1 N–H and O–H groups in total. The Morgan fingerprint density at radius 3 is 2.73 bits per heavy atom. The largest absolute Gasteiger partial charge is 0.379 e. The highest BCUT2D eigenvalue weighted by Gasteiger charge is 2.46. The summed E-state index contributed by atoms with van der Waals surface area (Å²) in [6.07, 6.45) is 5.83. The third kappa shape index (κ3) is 3.45. The fourth-order valence-corrected chi connectivity index (χ4v) is 4.13. The first-order chi connectivity index (χ1) is 12.6. The van der Waals surface area contributed by atoms with Crippen LogP contribution < -0.4 is 5.32 Å². The molecule has 1 saturated carbocycles. The summed E-state index contributed by atoms with van der Waals surface area (Å²) in [7, 11) is 0. The zero-order valence-corrected chi connectivity index (χ0v) is 14.7. The van der Waals surface area contributed by atoms with Crippen molar-refractivity contribution < 1.29 is 18.7 Å².